The number of hydrogen-bond acceptors (Lipinski definition) is 2. The molecule has 0 heterocycles. The Hall–Kier alpha value is -1.16. The third-order valence-electron chi connectivity index (χ3n) is 1.76. The van der Waals surface area contributed by atoms with Crippen molar-refractivity contribution in [3.63, 3.8) is 0 Å². The van der Waals surface area contributed by atoms with Crippen LogP contribution in [0.2, 0.25) is 0 Å². The lowest BCUT2D eigenvalue weighted by atomic mass is 10.1. The van der Waals surface area contributed by atoms with Gasteiger partial charge in [0.2, 0.25) is 0 Å². The topological polar surface area (TPSA) is 26.3 Å². The molecule has 0 fully saturated rings. The highest BCUT2D eigenvalue weighted by Gasteiger charge is 2.12. The van der Waals surface area contributed by atoms with E-state index in [1.54, 1.807) is 31.2 Å². The predicted octanol–water partition coefficient (Wildman–Crippen LogP) is 3.32. The minimum atomic E-state index is -0.651. The molecule has 1 aromatic rings. The molecule has 0 aliphatic rings. The average Bonchev–Trinajstić information content (AvgIpc) is 2.22. The van der Waals surface area contributed by atoms with Gasteiger partial charge in [0, 0.05) is 4.47 Å². The van der Waals surface area contributed by atoms with Gasteiger partial charge >= 0.3 is 5.97 Å². The number of hydrogen-bond donors (Lipinski definition) is 0. The first-order chi connectivity index (χ1) is 7.19. The SMILES string of the molecule is CCOC(=O)/C(=C/F)c1ccc(Br)cc1. The lowest BCUT2D eigenvalue weighted by molar-refractivity contribution is -0.136. The Morgan fingerprint density at radius 3 is 2.53 bits per heavy atom. The van der Waals surface area contributed by atoms with Crippen molar-refractivity contribution in [1.29, 1.82) is 0 Å². The van der Waals surface area contributed by atoms with Crippen LogP contribution in [0.25, 0.3) is 5.57 Å². The Morgan fingerprint density at radius 1 is 1.47 bits per heavy atom. The number of halogens is 2. The molecule has 0 saturated heterocycles. The van der Waals surface area contributed by atoms with Crippen LogP contribution in [0, 0.1) is 0 Å². The first kappa shape index (κ1) is 11.9. The molecule has 1 aromatic carbocycles. The molecule has 1 rings (SSSR count). The van der Waals surface area contributed by atoms with E-state index in [2.05, 4.69) is 15.9 Å². The van der Waals surface area contributed by atoms with Crippen LogP contribution in [0.4, 0.5) is 4.39 Å². The molecule has 4 heteroatoms. The number of carbonyl (C=O) groups is 1. The summed E-state index contributed by atoms with van der Waals surface area (Å²) in [7, 11) is 0. The van der Waals surface area contributed by atoms with E-state index in [1.807, 2.05) is 0 Å². The van der Waals surface area contributed by atoms with E-state index in [0.29, 0.717) is 5.56 Å². The number of esters is 1. The lowest BCUT2D eigenvalue weighted by Crippen LogP contribution is -2.06. The van der Waals surface area contributed by atoms with Gasteiger partial charge in [-0.2, -0.15) is 0 Å². The zero-order valence-corrected chi connectivity index (χ0v) is 9.75. The van der Waals surface area contributed by atoms with E-state index in [9.17, 15) is 9.18 Å². The molecule has 0 amide bonds. The van der Waals surface area contributed by atoms with E-state index in [4.69, 9.17) is 4.74 Å². The molecule has 0 aliphatic carbocycles. The number of ether oxygens (including phenoxy) is 1. The Labute approximate surface area is 95.9 Å². The van der Waals surface area contributed by atoms with Gasteiger partial charge in [-0.3, -0.25) is 0 Å². The normalized spacial score (nSPS) is 11.3. The number of rotatable bonds is 3. The predicted molar refractivity (Wildman–Crippen MR) is 59.9 cm³/mol. The Morgan fingerprint density at radius 2 is 2.07 bits per heavy atom. The molecule has 2 nitrogen and oxygen atoms in total. The summed E-state index contributed by atoms with van der Waals surface area (Å²) in [5.41, 5.74) is 0.434. The first-order valence-corrected chi connectivity index (χ1v) is 5.21. The summed E-state index contributed by atoms with van der Waals surface area (Å²) in [5.74, 6) is -0.651. The van der Waals surface area contributed by atoms with Crippen LogP contribution in [0.5, 0.6) is 0 Å². The third-order valence-corrected chi connectivity index (χ3v) is 2.29. The van der Waals surface area contributed by atoms with Crippen LogP contribution in [0.15, 0.2) is 35.1 Å². The Kier molecular flexibility index (Phi) is 4.49. The minimum Gasteiger partial charge on any atom is -0.462 e. The van der Waals surface area contributed by atoms with Crippen molar-refractivity contribution in [2.45, 2.75) is 6.92 Å². The van der Waals surface area contributed by atoms with Crippen LogP contribution in [0.1, 0.15) is 12.5 Å². The summed E-state index contributed by atoms with van der Waals surface area (Å²) >= 11 is 3.25. The fourth-order valence-electron chi connectivity index (χ4n) is 1.06. The van der Waals surface area contributed by atoms with Crippen molar-refractivity contribution in [3.8, 4) is 0 Å². The summed E-state index contributed by atoms with van der Waals surface area (Å²) in [5, 5.41) is 0. The number of benzene rings is 1. The van der Waals surface area contributed by atoms with Gasteiger partial charge in [-0.1, -0.05) is 28.1 Å². The molecule has 0 aromatic heterocycles. The van der Waals surface area contributed by atoms with Crippen molar-refractivity contribution in [3.05, 3.63) is 40.6 Å². The van der Waals surface area contributed by atoms with Gasteiger partial charge in [-0.25, -0.2) is 9.18 Å². The monoisotopic (exact) mass is 272 g/mol. The van der Waals surface area contributed by atoms with Gasteiger partial charge in [0.05, 0.1) is 12.2 Å². The van der Waals surface area contributed by atoms with Crippen LogP contribution in [-0.4, -0.2) is 12.6 Å². The molecule has 0 atom stereocenters. The molecule has 80 valence electrons. The van der Waals surface area contributed by atoms with E-state index in [1.165, 1.54) is 0 Å². The lowest BCUT2D eigenvalue weighted by Gasteiger charge is -2.05. The molecule has 0 spiro atoms. The summed E-state index contributed by atoms with van der Waals surface area (Å²) < 4.78 is 18.1. The highest BCUT2D eigenvalue weighted by Crippen LogP contribution is 2.19. The molecule has 0 aliphatic heterocycles. The molecule has 0 N–H and O–H groups in total. The molecular weight excluding hydrogens is 263 g/mol. The van der Waals surface area contributed by atoms with Crippen molar-refractivity contribution in [2.24, 2.45) is 0 Å². The van der Waals surface area contributed by atoms with E-state index >= 15 is 0 Å². The Balaban J connectivity index is 2.94. The molecule has 0 radical (unpaired) electrons. The maximum Gasteiger partial charge on any atom is 0.341 e. The standard InChI is InChI=1S/C11H10BrFO2/c1-2-15-11(14)10(7-13)8-3-5-9(12)6-4-8/h3-7H,2H2,1H3/b10-7+. The fraction of sp³-hybridized carbons (Fsp3) is 0.182. The molecule has 15 heavy (non-hydrogen) atoms. The van der Waals surface area contributed by atoms with E-state index in [-0.39, 0.29) is 18.5 Å². The van der Waals surface area contributed by atoms with Gasteiger partial charge in [0.1, 0.15) is 6.33 Å². The van der Waals surface area contributed by atoms with Crippen LogP contribution >= 0.6 is 15.9 Å². The molecule has 0 unspecified atom stereocenters. The molecular formula is C11H10BrFO2. The second-order valence-corrected chi connectivity index (χ2v) is 3.67. The highest BCUT2D eigenvalue weighted by molar-refractivity contribution is 9.10. The quantitative estimate of drug-likeness (QED) is 0.623. The summed E-state index contributed by atoms with van der Waals surface area (Å²) in [4.78, 5) is 11.3. The van der Waals surface area contributed by atoms with Crippen LogP contribution in [-0.2, 0) is 9.53 Å². The molecule has 0 saturated carbocycles. The minimum absolute atomic E-state index is 0.0654. The average molecular weight is 273 g/mol. The number of carbonyl (C=O) groups excluding carboxylic acids is 1. The second kappa shape index (κ2) is 5.66. The molecule has 0 bridgehead atoms. The zero-order chi connectivity index (χ0) is 11.3. The van der Waals surface area contributed by atoms with Crippen LogP contribution < -0.4 is 0 Å². The van der Waals surface area contributed by atoms with Crippen molar-refractivity contribution in [1.82, 2.24) is 0 Å². The van der Waals surface area contributed by atoms with E-state index in [0.717, 1.165) is 4.47 Å². The first-order valence-electron chi connectivity index (χ1n) is 4.42. The van der Waals surface area contributed by atoms with Crippen molar-refractivity contribution < 1.29 is 13.9 Å². The summed E-state index contributed by atoms with van der Waals surface area (Å²) in [6.07, 6.45) is 0.265. The van der Waals surface area contributed by atoms with Crippen molar-refractivity contribution in [2.75, 3.05) is 6.61 Å². The van der Waals surface area contributed by atoms with Gasteiger partial charge in [0.15, 0.2) is 0 Å². The Bertz CT molecular complexity index is 371. The summed E-state index contributed by atoms with van der Waals surface area (Å²) in [6, 6.07) is 6.76. The van der Waals surface area contributed by atoms with Gasteiger partial charge < -0.3 is 4.74 Å². The highest BCUT2D eigenvalue weighted by atomic mass is 79.9. The second-order valence-electron chi connectivity index (χ2n) is 2.75. The zero-order valence-electron chi connectivity index (χ0n) is 8.17. The van der Waals surface area contributed by atoms with Crippen LogP contribution in [0.3, 0.4) is 0 Å². The maximum atomic E-state index is 12.5. The van der Waals surface area contributed by atoms with Crippen molar-refractivity contribution >= 4 is 27.5 Å². The smallest absolute Gasteiger partial charge is 0.341 e. The largest absolute Gasteiger partial charge is 0.462 e. The third kappa shape index (κ3) is 3.16. The maximum absolute atomic E-state index is 12.5. The van der Waals surface area contributed by atoms with Gasteiger partial charge in [-0.15, -0.1) is 0 Å². The van der Waals surface area contributed by atoms with Gasteiger partial charge in [-0.05, 0) is 24.6 Å². The van der Waals surface area contributed by atoms with E-state index < -0.39 is 5.97 Å². The fourth-order valence-corrected chi connectivity index (χ4v) is 1.33. The van der Waals surface area contributed by atoms with Gasteiger partial charge in [0.25, 0.3) is 0 Å². The summed E-state index contributed by atoms with van der Waals surface area (Å²) in [6.45, 7) is 1.90.